The second-order valence-corrected chi connectivity index (χ2v) is 8.53. The van der Waals surface area contributed by atoms with Crippen molar-refractivity contribution < 1.29 is 13.2 Å². The van der Waals surface area contributed by atoms with E-state index in [2.05, 4.69) is 15.8 Å². The fourth-order valence-electron chi connectivity index (χ4n) is 3.74. The van der Waals surface area contributed by atoms with Crippen molar-refractivity contribution in [3.8, 4) is 0 Å². The van der Waals surface area contributed by atoms with E-state index in [1.54, 1.807) is 4.31 Å². The van der Waals surface area contributed by atoms with Gasteiger partial charge in [0.15, 0.2) is 0 Å². The van der Waals surface area contributed by atoms with Crippen LogP contribution < -0.4 is 4.72 Å². The Labute approximate surface area is 148 Å². The van der Waals surface area contributed by atoms with E-state index in [-0.39, 0.29) is 12.0 Å². The number of nitrogens with zero attached hydrogens (tertiary/aromatic N) is 2. The Morgan fingerprint density at radius 1 is 1.16 bits per heavy atom. The number of fused-ring (bicyclic) bond motifs is 1. The van der Waals surface area contributed by atoms with Crippen molar-refractivity contribution in [2.75, 3.05) is 26.3 Å². The molecule has 25 heavy (non-hydrogen) atoms. The minimum Gasteiger partial charge on any atom is -0.379 e. The van der Waals surface area contributed by atoms with Gasteiger partial charge in [-0.2, -0.15) is 17.4 Å². The summed E-state index contributed by atoms with van der Waals surface area (Å²) in [5.41, 5.74) is 2.15. The molecule has 1 aromatic heterocycles. The number of rotatable bonds is 5. The Kier molecular flexibility index (Phi) is 4.73. The van der Waals surface area contributed by atoms with E-state index in [0.29, 0.717) is 26.3 Å². The zero-order valence-corrected chi connectivity index (χ0v) is 14.9. The lowest BCUT2D eigenvalue weighted by molar-refractivity contribution is 0.183. The van der Waals surface area contributed by atoms with E-state index in [9.17, 15) is 8.42 Å². The highest BCUT2D eigenvalue weighted by Crippen LogP contribution is 2.25. The summed E-state index contributed by atoms with van der Waals surface area (Å²) in [5, 5.41) is 1.12. The number of para-hydroxylation sites is 1. The van der Waals surface area contributed by atoms with Crippen LogP contribution in [0.25, 0.3) is 10.9 Å². The standard InChI is InChI=1S/C18H23N3O3S/c22-25(23,21-9-3-4-10-21)20-18-13-24-12-15(18)11-14-7-8-19-17-6-2-1-5-16(14)17/h1-2,5-8,15,18,20H,3-4,9-13H2/t15-,18-/m1/s1. The molecule has 2 aliphatic rings. The van der Waals surface area contributed by atoms with Crippen molar-refractivity contribution in [1.29, 1.82) is 0 Å². The number of pyridine rings is 1. The van der Waals surface area contributed by atoms with Crippen LogP contribution in [-0.4, -0.2) is 50.1 Å². The summed E-state index contributed by atoms with van der Waals surface area (Å²) in [6.45, 7) is 2.23. The van der Waals surface area contributed by atoms with E-state index < -0.39 is 10.2 Å². The van der Waals surface area contributed by atoms with Crippen molar-refractivity contribution in [3.63, 3.8) is 0 Å². The van der Waals surface area contributed by atoms with Gasteiger partial charge in [0.2, 0.25) is 0 Å². The molecule has 0 amide bonds. The molecule has 2 aliphatic heterocycles. The van der Waals surface area contributed by atoms with Crippen molar-refractivity contribution in [3.05, 3.63) is 42.1 Å². The third-order valence-corrected chi connectivity index (χ3v) is 6.77. The van der Waals surface area contributed by atoms with Crippen LogP contribution in [0.2, 0.25) is 0 Å². The molecular weight excluding hydrogens is 338 g/mol. The van der Waals surface area contributed by atoms with Gasteiger partial charge in [0.25, 0.3) is 10.2 Å². The van der Waals surface area contributed by atoms with Gasteiger partial charge in [-0.1, -0.05) is 18.2 Å². The average molecular weight is 361 g/mol. The first kappa shape index (κ1) is 16.9. The first-order valence-corrected chi connectivity index (χ1v) is 10.3. The SMILES string of the molecule is O=S(=O)(N[C@@H]1COC[C@H]1Cc1ccnc2ccccc12)N1CCCC1. The van der Waals surface area contributed by atoms with Crippen LogP contribution in [0.4, 0.5) is 0 Å². The minimum atomic E-state index is -3.42. The summed E-state index contributed by atoms with van der Waals surface area (Å²) in [6.07, 6.45) is 4.47. The van der Waals surface area contributed by atoms with Crippen LogP contribution in [0.5, 0.6) is 0 Å². The molecule has 1 aromatic carbocycles. The molecule has 2 atom stereocenters. The quantitative estimate of drug-likeness (QED) is 0.880. The fourth-order valence-corrected chi connectivity index (χ4v) is 5.27. The summed E-state index contributed by atoms with van der Waals surface area (Å²) in [7, 11) is -3.42. The molecule has 7 heteroatoms. The van der Waals surface area contributed by atoms with Crippen LogP contribution in [0.15, 0.2) is 36.5 Å². The highest BCUT2D eigenvalue weighted by molar-refractivity contribution is 7.87. The predicted molar refractivity (Wildman–Crippen MR) is 96.4 cm³/mol. The van der Waals surface area contributed by atoms with Crippen molar-refractivity contribution in [2.24, 2.45) is 5.92 Å². The molecule has 0 radical (unpaired) electrons. The van der Waals surface area contributed by atoms with E-state index in [1.165, 1.54) is 5.56 Å². The zero-order chi connectivity index (χ0) is 17.3. The van der Waals surface area contributed by atoms with Crippen LogP contribution in [0.3, 0.4) is 0 Å². The maximum atomic E-state index is 12.5. The van der Waals surface area contributed by atoms with E-state index in [0.717, 1.165) is 30.2 Å². The molecule has 3 heterocycles. The molecule has 134 valence electrons. The highest BCUT2D eigenvalue weighted by atomic mass is 32.2. The monoisotopic (exact) mass is 361 g/mol. The normalized spacial score (nSPS) is 25.0. The first-order valence-electron chi connectivity index (χ1n) is 8.81. The molecule has 2 fully saturated rings. The number of ether oxygens (including phenoxy) is 1. The van der Waals surface area contributed by atoms with Gasteiger partial charge in [-0.25, -0.2) is 0 Å². The summed E-state index contributed by atoms with van der Waals surface area (Å²) in [4.78, 5) is 4.40. The Hall–Kier alpha value is -1.54. The van der Waals surface area contributed by atoms with Gasteiger partial charge < -0.3 is 4.74 Å². The maximum absolute atomic E-state index is 12.5. The van der Waals surface area contributed by atoms with Crippen LogP contribution >= 0.6 is 0 Å². The third kappa shape index (κ3) is 3.55. The zero-order valence-electron chi connectivity index (χ0n) is 14.1. The van der Waals surface area contributed by atoms with Crippen molar-refractivity contribution in [2.45, 2.75) is 25.3 Å². The van der Waals surface area contributed by atoms with E-state index in [1.807, 2.05) is 30.5 Å². The number of benzene rings is 1. The van der Waals surface area contributed by atoms with Crippen LogP contribution in [0.1, 0.15) is 18.4 Å². The van der Waals surface area contributed by atoms with Gasteiger partial charge >= 0.3 is 0 Å². The molecule has 1 N–H and O–H groups in total. The Balaban J connectivity index is 1.51. The van der Waals surface area contributed by atoms with Gasteiger partial charge in [0.05, 0.1) is 24.8 Å². The number of aromatic nitrogens is 1. The predicted octanol–water partition coefficient (Wildman–Crippen LogP) is 1.72. The lowest BCUT2D eigenvalue weighted by atomic mass is 9.93. The van der Waals surface area contributed by atoms with Gasteiger partial charge in [0, 0.05) is 30.6 Å². The average Bonchev–Trinajstić information content (AvgIpc) is 3.28. The van der Waals surface area contributed by atoms with E-state index >= 15 is 0 Å². The van der Waals surface area contributed by atoms with Gasteiger partial charge in [-0.3, -0.25) is 4.98 Å². The van der Waals surface area contributed by atoms with Gasteiger partial charge in [0.1, 0.15) is 0 Å². The fraction of sp³-hybridized carbons (Fsp3) is 0.500. The lowest BCUT2D eigenvalue weighted by Crippen LogP contribution is -2.47. The number of hydrogen-bond acceptors (Lipinski definition) is 4. The number of hydrogen-bond donors (Lipinski definition) is 1. The molecule has 0 aliphatic carbocycles. The minimum absolute atomic E-state index is 0.128. The van der Waals surface area contributed by atoms with Crippen LogP contribution in [0, 0.1) is 5.92 Å². The summed E-state index contributed by atoms with van der Waals surface area (Å²) in [5.74, 6) is 0.128. The lowest BCUT2D eigenvalue weighted by Gasteiger charge is -2.23. The molecule has 0 spiro atoms. The number of nitrogens with one attached hydrogen (secondary N) is 1. The molecule has 0 bridgehead atoms. The maximum Gasteiger partial charge on any atom is 0.279 e. The first-order chi connectivity index (χ1) is 12.1. The van der Waals surface area contributed by atoms with Crippen molar-refractivity contribution >= 4 is 21.1 Å². The van der Waals surface area contributed by atoms with E-state index in [4.69, 9.17) is 4.74 Å². The molecular formula is C18H23N3O3S. The van der Waals surface area contributed by atoms with Gasteiger partial charge in [-0.15, -0.1) is 0 Å². The largest absolute Gasteiger partial charge is 0.379 e. The topological polar surface area (TPSA) is 71.5 Å². The van der Waals surface area contributed by atoms with Crippen LogP contribution in [-0.2, 0) is 21.4 Å². The summed E-state index contributed by atoms with van der Waals surface area (Å²) >= 11 is 0. The molecule has 0 unspecified atom stereocenters. The second kappa shape index (κ2) is 6.99. The Bertz CT molecular complexity index is 844. The second-order valence-electron chi connectivity index (χ2n) is 6.82. The third-order valence-electron chi connectivity index (χ3n) is 5.13. The smallest absolute Gasteiger partial charge is 0.279 e. The molecule has 2 aromatic rings. The summed E-state index contributed by atoms with van der Waals surface area (Å²) < 4.78 is 35.1. The highest BCUT2D eigenvalue weighted by Gasteiger charge is 2.35. The summed E-state index contributed by atoms with van der Waals surface area (Å²) in [6, 6.07) is 9.88. The Morgan fingerprint density at radius 3 is 2.80 bits per heavy atom. The van der Waals surface area contributed by atoms with Crippen molar-refractivity contribution in [1.82, 2.24) is 14.0 Å². The molecule has 0 saturated carbocycles. The van der Waals surface area contributed by atoms with Gasteiger partial charge in [-0.05, 0) is 37.0 Å². The molecule has 2 saturated heterocycles. The molecule has 6 nitrogen and oxygen atoms in total. The molecule has 4 rings (SSSR count). The Morgan fingerprint density at radius 2 is 1.96 bits per heavy atom.